The molecule has 0 fully saturated rings. The van der Waals surface area contributed by atoms with Crippen LogP contribution in [0.1, 0.15) is 15.9 Å². The number of ether oxygens (including phenoxy) is 1. The van der Waals surface area contributed by atoms with Gasteiger partial charge in [0.1, 0.15) is 6.54 Å². The summed E-state index contributed by atoms with van der Waals surface area (Å²) in [4.78, 5) is 24.0. The Morgan fingerprint density at radius 2 is 1.81 bits per heavy atom. The van der Waals surface area contributed by atoms with Crippen LogP contribution in [-0.4, -0.2) is 40.2 Å². The summed E-state index contributed by atoms with van der Waals surface area (Å²) in [6.07, 6.45) is 0.998. The van der Waals surface area contributed by atoms with Gasteiger partial charge in [0.25, 0.3) is 0 Å². The molecule has 8 heteroatoms. The maximum absolute atomic E-state index is 12.3. The zero-order valence-electron chi connectivity index (χ0n) is 14.7. The highest BCUT2D eigenvalue weighted by molar-refractivity contribution is 7.92. The molecule has 0 heterocycles. The van der Waals surface area contributed by atoms with Gasteiger partial charge in [0, 0.05) is 5.69 Å². The molecule has 0 aromatic heterocycles. The third kappa shape index (κ3) is 5.06. The highest BCUT2D eigenvalue weighted by Gasteiger charge is 2.22. The van der Waals surface area contributed by atoms with Crippen molar-refractivity contribution in [3.05, 3.63) is 59.7 Å². The highest BCUT2D eigenvalue weighted by Crippen LogP contribution is 2.20. The van der Waals surface area contributed by atoms with Gasteiger partial charge in [0.2, 0.25) is 15.9 Å². The molecule has 0 aliphatic carbocycles. The van der Waals surface area contributed by atoms with Crippen LogP contribution in [0.2, 0.25) is 0 Å². The van der Waals surface area contributed by atoms with Gasteiger partial charge in [-0.1, -0.05) is 18.2 Å². The Kier molecular flexibility index (Phi) is 5.99. The van der Waals surface area contributed by atoms with E-state index in [0.717, 1.165) is 16.1 Å². The van der Waals surface area contributed by atoms with Gasteiger partial charge in [-0.2, -0.15) is 0 Å². The van der Waals surface area contributed by atoms with E-state index >= 15 is 0 Å². The molecule has 0 saturated carbocycles. The summed E-state index contributed by atoms with van der Waals surface area (Å²) in [6.45, 7) is 1.47. The Morgan fingerprint density at radius 3 is 2.42 bits per heavy atom. The summed E-state index contributed by atoms with van der Waals surface area (Å²) < 4.78 is 29.9. The van der Waals surface area contributed by atoms with E-state index in [1.165, 1.54) is 31.4 Å². The number of anilines is 2. The molecule has 0 aliphatic heterocycles. The van der Waals surface area contributed by atoms with Crippen molar-refractivity contribution in [2.75, 3.05) is 29.5 Å². The molecule has 0 unspecified atom stereocenters. The molecule has 138 valence electrons. The quantitative estimate of drug-likeness (QED) is 0.780. The first-order valence-corrected chi connectivity index (χ1v) is 9.58. The average Bonchev–Trinajstić information content (AvgIpc) is 2.58. The van der Waals surface area contributed by atoms with Gasteiger partial charge in [-0.25, -0.2) is 13.2 Å². The molecular weight excluding hydrogens is 356 g/mol. The van der Waals surface area contributed by atoms with Gasteiger partial charge in [0.15, 0.2) is 0 Å². The summed E-state index contributed by atoms with van der Waals surface area (Å²) in [6, 6.07) is 13.1. The average molecular weight is 376 g/mol. The zero-order valence-corrected chi connectivity index (χ0v) is 15.5. The Labute approximate surface area is 152 Å². The number of amides is 1. The molecule has 1 N–H and O–H groups in total. The minimum atomic E-state index is -3.74. The molecule has 0 atom stereocenters. The smallest absolute Gasteiger partial charge is 0.337 e. The van der Waals surface area contributed by atoms with E-state index in [2.05, 4.69) is 10.1 Å². The topological polar surface area (TPSA) is 92.8 Å². The van der Waals surface area contributed by atoms with Crippen molar-refractivity contribution < 1.29 is 22.7 Å². The second kappa shape index (κ2) is 8.01. The molecule has 2 aromatic carbocycles. The Balaban J connectivity index is 2.26. The minimum Gasteiger partial charge on any atom is -0.465 e. The number of sulfonamides is 1. The summed E-state index contributed by atoms with van der Waals surface area (Å²) >= 11 is 0. The van der Waals surface area contributed by atoms with Crippen molar-refractivity contribution in [2.45, 2.75) is 6.92 Å². The standard InChI is InChI=1S/C18H20N2O5S/c1-13-6-4-8-15(10-13)19-17(21)12-20(26(3,23)24)16-9-5-7-14(11-16)18(22)25-2/h4-11H,12H2,1-3H3,(H,19,21). The molecule has 0 saturated heterocycles. The van der Waals surface area contributed by atoms with Crippen LogP contribution in [0.25, 0.3) is 0 Å². The van der Waals surface area contributed by atoms with Gasteiger partial charge in [-0.15, -0.1) is 0 Å². The van der Waals surface area contributed by atoms with Crippen molar-refractivity contribution >= 4 is 33.3 Å². The predicted octanol–water partition coefficient (Wildman–Crippen LogP) is 2.19. The molecule has 0 aliphatic rings. The van der Waals surface area contributed by atoms with Crippen molar-refractivity contribution in [1.29, 1.82) is 0 Å². The Hall–Kier alpha value is -2.87. The van der Waals surface area contributed by atoms with E-state index in [0.29, 0.717) is 5.69 Å². The number of nitrogens with one attached hydrogen (secondary N) is 1. The predicted molar refractivity (Wildman–Crippen MR) is 99.8 cm³/mol. The lowest BCUT2D eigenvalue weighted by Crippen LogP contribution is -2.37. The summed E-state index contributed by atoms with van der Waals surface area (Å²) in [5.74, 6) is -1.09. The van der Waals surface area contributed by atoms with Crippen LogP contribution in [-0.2, 0) is 19.6 Å². The second-order valence-electron chi connectivity index (χ2n) is 5.73. The third-order valence-electron chi connectivity index (χ3n) is 3.54. The van der Waals surface area contributed by atoms with Gasteiger partial charge in [-0.3, -0.25) is 9.10 Å². The lowest BCUT2D eigenvalue weighted by atomic mass is 10.2. The number of benzene rings is 2. The molecule has 2 aromatic rings. The van der Waals surface area contributed by atoms with Crippen LogP contribution >= 0.6 is 0 Å². The van der Waals surface area contributed by atoms with Crippen LogP contribution in [0.5, 0.6) is 0 Å². The molecule has 2 rings (SSSR count). The van der Waals surface area contributed by atoms with Crippen LogP contribution in [0.4, 0.5) is 11.4 Å². The van der Waals surface area contributed by atoms with E-state index < -0.39 is 28.4 Å². The van der Waals surface area contributed by atoms with E-state index in [-0.39, 0.29) is 11.3 Å². The first-order valence-electron chi connectivity index (χ1n) is 7.73. The number of esters is 1. The van der Waals surface area contributed by atoms with Crippen LogP contribution in [0.3, 0.4) is 0 Å². The number of carbonyl (C=O) groups excluding carboxylic acids is 2. The summed E-state index contributed by atoms with van der Waals surface area (Å²) in [5, 5.41) is 2.67. The van der Waals surface area contributed by atoms with Gasteiger partial charge < -0.3 is 10.1 Å². The van der Waals surface area contributed by atoms with Crippen LogP contribution < -0.4 is 9.62 Å². The Bertz CT molecular complexity index is 925. The molecule has 0 radical (unpaired) electrons. The monoisotopic (exact) mass is 376 g/mol. The normalized spacial score (nSPS) is 10.9. The number of nitrogens with zero attached hydrogens (tertiary/aromatic N) is 1. The molecule has 7 nitrogen and oxygen atoms in total. The van der Waals surface area contributed by atoms with Crippen molar-refractivity contribution in [2.24, 2.45) is 0 Å². The third-order valence-corrected chi connectivity index (χ3v) is 4.69. The number of hydrogen-bond acceptors (Lipinski definition) is 5. The fourth-order valence-electron chi connectivity index (χ4n) is 2.36. The lowest BCUT2D eigenvalue weighted by Gasteiger charge is -2.22. The number of hydrogen-bond donors (Lipinski definition) is 1. The van der Waals surface area contributed by atoms with Crippen LogP contribution in [0, 0.1) is 6.92 Å². The van der Waals surface area contributed by atoms with Crippen molar-refractivity contribution in [1.82, 2.24) is 0 Å². The lowest BCUT2D eigenvalue weighted by molar-refractivity contribution is -0.114. The van der Waals surface area contributed by atoms with Gasteiger partial charge in [0.05, 0.1) is 24.6 Å². The van der Waals surface area contributed by atoms with Crippen LogP contribution in [0.15, 0.2) is 48.5 Å². The van der Waals surface area contributed by atoms with E-state index in [1.54, 1.807) is 18.2 Å². The SMILES string of the molecule is COC(=O)c1cccc(N(CC(=O)Nc2cccc(C)c2)S(C)(=O)=O)c1. The first-order chi connectivity index (χ1) is 12.2. The Morgan fingerprint density at radius 1 is 1.12 bits per heavy atom. The molecule has 26 heavy (non-hydrogen) atoms. The fraction of sp³-hybridized carbons (Fsp3) is 0.222. The molecular formula is C18H20N2O5S. The summed E-state index contributed by atoms with van der Waals surface area (Å²) in [5.41, 5.74) is 1.94. The van der Waals surface area contributed by atoms with E-state index in [9.17, 15) is 18.0 Å². The molecule has 1 amide bonds. The summed E-state index contributed by atoms with van der Waals surface area (Å²) in [7, 11) is -2.51. The number of rotatable bonds is 6. The second-order valence-corrected chi connectivity index (χ2v) is 7.64. The largest absolute Gasteiger partial charge is 0.465 e. The number of carbonyl (C=O) groups is 2. The maximum atomic E-state index is 12.3. The molecule has 0 spiro atoms. The van der Waals surface area contributed by atoms with Gasteiger partial charge in [-0.05, 0) is 42.8 Å². The van der Waals surface area contributed by atoms with Crippen molar-refractivity contribution in [3.8, 4) is 0 Å². The maximum Gasteiger partial charge on any atom is 0.337 e. The first kappa shape index (κ1) is 19.5. The zero-order chi connectivity index (χ0) is 19.3. The molecule has 0 bridgehead atoms. The van der Waals surface area contributed by atoms with Crippen molar-refractivity contribution in [3.63, 3.8) is 0 Å². The fourth-order valence-corrected chi connectivity index (χ4v) is 3.21. The number of methoxy groups -OCH3 is 1. The highest BCUT2D eigenvalue weighted by atomic mass is 32.2. The minimum absolute atomic E-state index is 0.192. The van der Waals surface area contributed by atoms with E-state index in [1.807, 2.05) is 13.0 Å². The van der Waals surface area contributed by atoms with E-state index in [4.69, 9.17) is 0 Å². The van der Waals surface area contributed by atoms with Gasteiger partial charge >= 0.3 is 5.97 Å². The number of aryl methyl sites for hydroxylation is 1.